The van der Waals surface area contributed by atoms with Gasteiger partial charge in [-0.2, -0.15) is 0 Å². The second-order valence-corrected chi connectivity index (χ2v) is 6.78. The van der Waals surface area contributed by atoms with Gasteiger partial charge in [0.1, 0.15) is 5.82 Å². The molecule has 0 N–H and O–H groups in total. The number of hydrogen-bond donors (Lipinski definition) is 0. The molecule has 0 saturated heterocycles. The Morgan fingerprint density at radius 1 is 1.15 bits per heavy atom. The highest BCUT2D eigenvalue weighted by molar-refractivity contribution is 6.42. The summed E-state index contributed by atoms with van der Waals surface area (Å²) in [7, 11) is 0. The topological polar surface area (TPSA) is 17.8 Å². The zero-order chi connectivity index (χ0) is 14.3. The van der Waals surface area contributed by atoms with Crippen molar-refractivity contribution in [1.82, 2.24) is 9.55 Å². The number of fused-ring (bicyclic) bond motifs is 1. The van der Waals surface area contributed by atoms with Crippen LogP contribution in [0.3, 0.4) is 0 Å². The molecule has 5 heteroatoms. The van der Waals surface area contributed by atoms with Gasteiger partial charge in [0.2, 0.25) is 0 Å². The smallest absolute Gasteiger partial charge is 0.125 e. The Morgan fingerprint density at radius 2 is 1.80 bits per heavy atom. The highest BCUT2D eigenvalue weighted by Crippen LogP contribution is 2.37. The summed E-state index contributed by atoms with van der Waals surface area (Å²) in [6.45, 7) is 2.32. The minimum Gasteiger partial charge on any atom is -0.324 e. The van der Waals surface area contributed by atoms with Crippen molar-refractivity contribution >= 4 is 45.8 Å². The summed E-state index contributed by atoms with van der Waals surface area (Å²) in [5.41, 5.74) is 1.93. The quantitative estimate of drug-likeness (QED) is 0.633. The summed E-state index contributed by atoms with van der Waals surface area (Å²) in [4.78, 5) is 4.62. The van der Waals surface area contributed by atoms with Crippen LogP contribution >= 0.6 is 34.8 Å². The van der Waals surface area contributed by atoms with Crippen molar-refractivity contribution < 1.29 is 0 Å². The van der Waals surface area contributed by atoms with Gasteiger partial charge in [0.25, 0.3) is 0 Å². The minimum absolute atomic E-state index is 0.413. The van der Waals surface area contributed by atoms with Crippen molar-refractivity contribution in [3.8, 4) is 0 Å². The van der Waals surface area contributed by atoms with Gasteiger partial charge < -0.3 is 4.57 Å². The zero-order valence-electron chi connectivity index (χ0n) is 11.4. The SMILES string of the molecule is CC1CCC(n2c(CCl)nc3cc(Cl)c(Cl)cc32)CC1. The molecule has 108 valence electrons. The lowest BCUT2D eigenvalue weighted by Crippen LogP contribution is -2.18. The molecule has 1 heterocycles. The zero-order valence-corrected chi connectivity index (χ0v) is 13.6. The molecule has 1 aromatic heterocycles. The van der Waals surface area contributed by atoms with E-state index in [0.717, 1.165) is 22.8 Å². The van der Waals surface area contributed by atoms with E-state index in [9.17, 15) is 0 Å². The van der Waals surface area contributed by atoms with Gasteiger partial charge in [0.15, 0.2) is 0 Å². The number of imidazole rings is 1. The summed E-state index contributed by atoms with van der Waals surface area (Å²) in [5.74, 6) is 2.15. The molecule has 0 radical (unpaired) electrons. The first kappa shape index (κ1) is 14.5. The molecule has 0 aliphatic heterocycles. The van der Waals surface area contributed by atoms with Crippen LogP contribution in [0.1, 0.15) is 44.5 Å². The standard InChI is InChI=1S/C15H17Cl3N2/c1-9-2-4-10(5-3-9)20-14-7-12(18)11(17)6-13(14)19-15(20)8-16/h6-7,9-10H,2-5,8H2,1H3. The molecule has 0 unspecified atom stereocenters. The van der Waals surface area contributed by atoms with Gasteiger partial charge in [-0.05, 0) is 43.7 Å². The Labute approximate surface area is 134 Å². The molecule has 1 saturated carbocycles. The Morgan fingerprint density at radius 3 is 2.45 bits per heavy atom. The maximum absolute atomic E-state index is 6.17. The van der Waals surface area contributed by atoms with Crippen LogP contribution in [0.15, 0.2) is 12.1 Å². The number of nitrogens with zero attached hydrogens (tertiary/aromatic N) is 2. The van der Waals surface area contributed by atoms with E-state index in [-0.39, 0.29) is 0 Å². The van der Waals surface area contributed by atoms with Crippen molar-refractivity contribution in [1.29, 1.82) is 0 Å². The van der Waals surface area contributed by atoms with Crippen LogP contribution in [0.5, 0.6) is 0 Å². The molecule has 1 aliphatic rings. The van der Waals surface area contributed by atoms with Crippen molar-refractivity contribution in [3.63, 3.8) is 0 Å². The van der Waals surface area contributed by atoms with E-state index in [2.05, 4.69) is 16.5 Å². The molecular formula is C15H17Cl3N2. The van der Waals surface area contributed by atoms with Crippen LogP contribution in [0.2, 0.25) is 10.0 Å². The van der Waals surface area contributed by atoms with Crippen LogP contribution in [-0.4, -0.2) is 9.55 Å². The van der Waals surface area contributed by atoms with Crippen molar-refractivity contribution in [2.75, 3.05) is 0 Å². The highest BCUT2D eigenvalue weighted by atomic mass is 35.5. The lowest BCUT2D eigenvalue weighted by molar-refractivity contribution is 0.290. The van der Waals surface area contributed by atoms with Crippen molar-refractivity contribution in [2.45, 2.75) is 44.5 Å². The Bertz CT molecular complexity index is 628. The number of rotatable bonds is 2. The second kappa shape index (κ2) is 5.75. The van der Waals surface area contributed by atoms with Crippen LogP contribution in [0.25, 0.3) is 11.0 Å². The molecule has 2 aromatic rings. The first-order valence-corrected chi connectivity index (χ1v) is 8.31. The van der Waals surface area contributed by atoms with E-state index >= 15 is 0 Å². The van der Waals surface area contributed by atoms with Crippen LogP contribution < -0.4 is 0 Å². The van der Waals surface area contributed by atoms with Crippen LogP contribution in [0, 0.1) is 5.92 Å². The monoisotopic (exact) mass is 330 g/mol. The second-order valence-electron chi connectivity index (χ2n) is 5.70. The third-order valence-corrected chi connectivity index (χ3v) is 5.24. The minimum atomic E-state index is 0.413. The maximum Gasteiger partial charge on any atom is 0.125 e. The molecule has 0 amide bonds. The van der Waals surface area contributed by atoms with Crippen molar-refractivity contribution in [2.24, 2.45) is 5.92 Å². The summed E-state index contributed by atoms with van der Waals surface area (Å²) < 4.78 is 2.27. The van der Waals surface area contributed by atoms with Gasteiger partial charge in [0, 0.05) is 6.04 Å². The summed E-state index contributed by atoms with van der Waals surface area (Å²) >= 11 is 18.3. The normalized spacial score (nSPS) is 23.4. The first-order valence-electron chi connectivity index (χ1n) is 7.02. The summed E-state index contributed by atoms with van der Waals surface area (Å²) in [5, 5.41) is 1.12. The molecule has 2 nitrogen and oxygen atoms in total. The third kappa shape index (κ3) is 2.54. The van der Waals surface area contributed by atoms with Crippen molar-refractivity contribution in [3.05, 3.63) is 28.0 Å². The van der Waals surface area contributed by atoms with Gasteiger partial charge >= 0.3 is 0 Å². The average molecular weight is 332 g/mol. The van der Waals surface area contributed by atoms with Gasteiger partial charge in [0.05, 0.1) is 27.0 Å². The average Bonchev–Trinajstić information content (AvgIpc) is 2.78. The largest absolute Gasteiger partial charge is 0.324 e. The fourth-order valence-electron chi connectivity index (χ4n) is 3.14. The predicted molar refractivity (Wildman–Crippen MR) is 86.0 cm³/mol. The molecule has 0 spiro atoms. The molecule has 0 bridgehead atoms. The Balaban J connectivity index is 2.10. The lowest BCUT2D eigenvalue weighted by Gasteiger charge is -2.28. The molecular weight excluding hydrogens is 315 g/mol. The Hall–Kier alpha value is -0.440. The fourth-order valence-corrected chi connectivity index (χ4v) is 3.65. The van der Waals surface area contributed by atoms with Gasteiger partial charge in [-0.15, -0.1) is 11.6 Å². The maximum atomic E-state index is 6.17. The number of aromatic nitrogens is 2. The predicted octanol–water partition coefficient (Wildman–Crippen LogP) is 5.83. The summed E-state index contributed by atoms with van der Waals surface area (Å²) in [6.07, 6.45) is 4.87. The molecule has 1 fully saturated rings. The van der Waals surface area contributed by atoms with Gasteiger partial charge in [-0.25, -0.2) is 4.98 Å². The summed E-state index contributed by atoms with van der Waals surface area (Å²) in [6, 6.07) is 4.22. The van der Waals surface area contributed by atoms with Crippen LogP contribution in [-0.2, 0) is 5.88 Å². The van der Waals surface area contributed by atoms with E-state index in [0.29, 0.717) is 22.0 Å². The van der Waals surface area contributed by atoms with E-state index in [4.69, 9.17) is 34.8 Å². The van der Waals surface area contributed by atoms with Gasteiger partial charge in [-0.3, -0.25) is 0 Å². The van der Waals surface area contributed by atoms with E-state index in [1.165, 1.54) is 25.7 Å². The number of hydrogen-bond acceptors (Lipinski definition) is 1. The lowest BCUT2D eigenvalue weighted by atomic mass is 9.87. The number of alkyl halides is 1. The number of halogens is 3. The molecule has 1 aliphatic carbocycles. The van der Waals surface area contributed by atoms with Gasteiger partial charge in [-0.1, -0.05) is 30.1 Å². The van der Waals surface area contributed by atoms with E-state index in [1.807, 2.05) is 12.1 Å². The van der Waals surface area contributed by atoms with E-state index in [1.54, 1.807) is 0 Å². The van der Waals surface area contributed by atoms with Crippen LogP contribution in [0.4, 0.5) is 0 Å². The number of benzene rings is 1. The fraction of sp³-hybridized carbons (Fsp3) is 0.533. The molecule has 3 rings (SSSR count). The molecule has 20 heavy (non-hydrogen) atoms. The first-order chi connectivity index (χ1) is 9.60. The third-order valence-electron chi connectivity index (χ3n) is 4.27. The Kier molecular flexibility index (Phi) is 4.16. The molecule has 0 atom stereocenters. The molecule has 1 aromatic carbocycles. The van der Waals surface area contributed by atoms with E-state index < -0.39 is 0 Å². The highest BCUT2D eigenvalue weighted by Gasteiger charge is 2.24.